The van der Waals surface area contributed by atoms with Gasteiger partial charge in [0, 0.05) is 31.4 Å². The molecule has 1 amide bonds. The van der Waals surface area contributed by atoms with Gasteiger partial charge in [0.05, 0.1) is 11.2 Å². The van der Waals surface area contributed by atoms with Crippen LogP contribution < -0.4 is 16.2 Å². The lowest BCUT2D eigenvalue weighted by atomic mass is 9.95. The Kier molecular flexibility index (Phi) is 5.42. The first-order chi connectivity index (χ1) is 16.2. The monoisotopic (exact) mass is 458 g/mol. The predicted octanol–water partition coefficient (Wildman–Crippen LogP) is 4.59. The van der Waals surface area contributed by atoms with E-state index >= 15 is 0 Å². The summed E-state index contributed by atoms with van der Waals surface area (Å²) in [6, 6.07) is 12.1. The van der Waals surface area contributed by atoms with Crippen LogP contribution in [0.15, 0.2) is 45.6 Å². The van der Waals surface area contributed by atoms with E-state index in [1.54, 1.807) is 7.05 Å². The molecule has 0 unspecified atom stereocenters. The highest BCUT2D eigenvalue weighted by Crippen LogP contribution is 2.36. The zero-order valence-electron chi connectivity index (χ0n) is 20.1. The Morgan fingerprint density at radius 1 is 1.15 bits per heavy atom. The molecule has 5 rings (SSSR count). The number of primary amides is 1. The first-order valence-electron chi connectivity index (χ1n) is 11.8. The molecule has 0 atom stereocenters. The molecule has 0 bridgehead atoms. The molecule has 0 spiro atoms. The van der Waals surface area contributed by atoms with Crippen LogP contribution in [0.2, 0.25) is 0 Å². The largest absolute Gasteiger partial charge is 0.440 e. The van der Waals surface area contributed by atoms with Crippen molar-refractivity contribution in [3.8, 4) is 0 Å². The second kappa shape index (κ2) is 8.31. The average Bonchev–Trinajstić information content (AvgIpc) is 3.24. The maximum absolute atomic E-state index is 13.0. The first kappa shape index (κ1) is 22.2. The minimum atomic E-state index is -0.693. The zero-order chi connectivity index (χ0) is 24.1. The molecule has 4 aromatic rings. The molecule has 0 radical (unpaired) electrons. The van der Waals surface area contributed by atoms with Gasteiger partial charge in [0.15, 0.2) is 11.5 Å². The number of rotatable bonds is 4. The molecular formula is C27H30N4O3. The molecule has 1 saturated heterocycles. The van der Waals surface area contributed by atoms with Crippen molar-refractivity contribution < 1.29 is 9.21 Å². The van der Waals surface area contributed by atoms with E-state index in [1.165, 1.54) is 10.1 Å². The van der Waals surface area contributed by atoms with Crippen LogP contribution in [0.4, 0.5) is 5.69 Å². The van der Waals surface area contributed by atoms with E-state index in [4.69, 9.17) is 15.1 Å². The number of carbonyl (C=O) groups excluding carboxylic acids is 1. The molecule has 7 heteroatoms. The van der Waals surface area contributed by atoms with Gasteiger partial charge in [-0.25, -0.2) is 4.98 Å². The topological polar surface area (TPSA) is 94.4 Å². The van der Waals surface area contributed by atoms with E-state index in [0.717, 1.165) is 46.3 Å². The SMILES string of the molecule is Cc1ccc2c(c1)c(N1CCC(c3nc4cc(C(C)C)ccc4o3)CC1)c(C(N)=O)c(=O)n2C. The number of benzene rings is 2. The predicted molar refractivity (Wildman–Crippen MR) is 135 cm³/mol. The van der Waals surface area contributed by atoms with Gasteiger partial charge in [-0.15, -0.1) is 0 Å². The highest BCUT2D eigenvalue weighted by Gasteiger charge is 2.29. The third-order valence-corrected chi connectivity index (χ3v) is 7.03. The molecule has 1 aliphatic rings. The lowest BCUT2D eigenvalue weighted by Crippen LogP contribution is -2.38. The normalized spacial score (nSPS) is 15.0. The van der Waals surface area contributed by atoms with Crippen molar-refractivity contribution in [2.75, 3.05) is 18.0 Å². The standard InChI is InChI=1S/C27H30N4O3/c1-15(2)18-6-8-22-20(14-18)29-26(34-22)17-9-11-31(12-10-17)24-19-13-16(3)5-7-21(19)30(4)27(33)23(24)25(28)32/h5-8,13-15,17H,9-12H2,1-4H3,(H2,28,32). The first-order valence-corrected chi connectivity index (χ1v) is 11.8. The number of anilines is 1. The number of aromatic nitrogens is 2. The van der Waals surface area contributed by atoms with Crippen LogP contribution >= 0.6 is 0 Å². The van der Waals surface area contributed by atoms with Gasteiger partial charge in [-0.1, -0.05) is 31.5 Å². The number of aryl methyl sites for hydroxylation is 2. The Morgan fingerprint density at radius 2 is 1.88 bits per heavy atom. The number of piperidine rings is 1. The zero-order valence-corrected chi connectivity index (χ0v) is 20.1. The lowest BCUT2D eigenvalue weighted by molar-refractivity contribution is 0.0999. The van der Waals surface area contributed by atoms with Crippen LogP contribution in [0.3, 0.4) is 0 Å². The molecule has 7 nitrogen and oxygen atoms in total. The van der Waals surface area contributed by atoms with Crippen LogP contribution in [0, 0.1) is 6.92 Å². The number of oxazole rings is 1. The minimum absolute atomic E-state index is 0.0575. The number of pyridine rings is 1. The number of carbonyl (C=O) groups is 1. The van der Waals surface area contributed by atoms with Crippen LogP contribution in [-0.2, 0) is 7.05 Å². The van der Waals surface area contributed by atoms with Crippen molar-refractivity contribution in [3.05, 3.63) is 69.3 Å². The number of fused-ring (bicyclic) bond motifs is 2. The second-order valence-electron chi connectivity index (χ2n) is 9.67. The van der Waals surface area contributed by atoms with Gasteiger partial charge in [-0.05, 0) is 55.5 Å². The third kappa shape index (κ3) is 3.65. The van der Waals surface area contributed by atoms with Gasteiger partial charge in [-0.2, -0.15) is 0 Å². The Bertz CT molecular complexity index is 1470. The van der Waals surface area contributed by atoms with Gasteiger partial charge in [0.2, 0.25) is 0 Å². The van der Waals surface area contributed by atoms with Gasteiger partial charge >= 0.3 is 0 Å². The van der Waals surface area contributed by atoms with Crippen LogP contribution in [0.25, 0.3) is 22.0 Å². The fourth-order valence-electron chi connectivity index (χ4n) is 5.04. The second-order valence-corrected chi connectivity index (χ2v) is 9.67. The Hall–Kier alpha value is -3.61. The number of hydrogen-bond donors (Lipinski definition) is 1. The number of amides is 1. The molecule has 1 aliphatic heterocycles. The van der Waals surface area contributed by atoms with E-state index in [9.17, 15) is 9.59 Å². The fraction of sp³-hybridized carbons (Fsp3) is 0.370. The van der Waals surface area contributed by atoms with Crippen molar-refractivity contribution in [1.29, 1.82) is 0 Å². The molecule has 3 heterocycles. The van der Waals surface area contributed by atoms with Gasteiger partial charge in [0.1, 0.15) is 11.1 Å². The Balaban J connectivity index is 1.49. The van der Waals surface area contributed by atoms with Gasteiger partial charge < -0.3 is 19.6 Å². The number of nitrogens with zero attached hydrogens (tertiary/aromatic N) is 3. The molecule has 2 aromatic heterocycles. The van der Waals surface area contributed by atoms with Crippen molar-refractivity contribution in [2.45, 2.75) is 45.4 Å². The van der Waals surface area contributed by atoms with E-state index in [0.29, 0.717) is 24.7 Å². The van der Waals surface area contributed by atoms with Gasteiger partial charge in [0.25, 0.3) is 11.5 Å². The quantitative estimate of drug-likeness (QED) is 0.483. The molecule has 2 aromatic carbocycles. The van der Waals surface area contributed by atoms with Crippen LogP contribution in [0.5, 0.6) is 0 Å². The molecule has 176 valence electrons. The molecule has 2 N–H and O–H groups in total. The number of hydrogen-bond acceptors (Lipinski definition) is 5. The minimum Gasteiger partial charge on any atom is -0.440 e. The Morgan fingerprint density at radius 3 is 2.56 bits per heavy atom. The third-order valence-electron chi connectivity index (χ3n) is 7.03. The maximum atomic E-state index is 13.0. The molecule has 34 heavy (non-hydrogen) atoms. The summed E-state index contributed by atoms with van der Waals surface area (Å²) in [5.41, 5.74) is 10.9. The highest BCUT2D eigenvalue weighted by molar-refractivity contribution is 6.07. The van der Waals surface area contributed by atoms with Crippen molar-refractivity contribution >= 4 is 33.6 Å². The summed E-state index contributed by atoms with van der Waals surface area (Å²) in [7, 11) is 1.68. The fourth-order valence-corrected chi connectivity index (χ4v) is 5.04. The van der Waals surface area contributed by atoms with E-state index < -0.39 is 5.91 Å². The van der Waals surface area contributed by atoms with E-state index in [2.05, 4.69) is 30.9 Å². The summed E-state index contributed by atoms with van der Waals surface area (Å²) in [4.78, 5) is 32.3. The highest BCUT2D eigenvalue weighted by atomic mass is 16.3. The summed E-state index contributed by atoms with van der Waals surface area (Å²) in [6.45, 7) is 7.69. The molecule has 0 saturated carbocycles. The summed E-state index contributed by atoms with van der Waals surface area (Å²) < 4.78 is 7.62. The lowest BCUT2D eigenvalue weighted by Gasteiger charge is -2.34. The maximum Gasteiger partial charge on any atom is 0.265 e. The molecule has 1 fully saturated rings. The average molecular weight is 459 g/mol. The number of nitrogens with two attached hydrogens (primary N) is 1. The van der Waals surface area contributed by atoms with Crippen LogP contribution in [-0.4, -0.2) is 28.5 Å². The summed E-state index contributed by atoms with van der Waals surface area (Å²) in [6.07, 6.45) is 1.62. The smallest absolute Gasteiger partial charge is 0.265 e. The molecule has 0 aliphatic carbocycles. The van der Waals surface area contributed by atoms with E-state index in [1.807, 2.05) is 31.2 Å². The van der Waals surface area contributed by atoms with Crippen molar-refractivity contribution in [2.24, 2.45) is 12.8 Å². The summed E-state index contributed by atoms with van der Waals surface area (Å²) in [5.74, 6) is 0.684. The summed E-state index contributed by atoms with van der Waals surface area (Å²) in [5, 5.41) is 0.873. The van der Waals surface area contributed by atoms with Gasteiger partial charge in [-0.3, -0.25) is 9.59 Å². The van der Waals surface area contributed by atoms with Crippen molar-refractivity contribution in [3.63, 3.8) is 0 Å². The molecular weight excluding hydrogens is 428 g/mol. The Labute approximate surface area is 198 Å². The van der Waals surface area contributed by atoms with Crippen LogP contribution in [0.1, 0.15) is 65.9 Å². The van der Waals surface area contributed by atoms with Crippen molar-refractivity contribution in [1.82, 2.24) is 9.55 Å². The summed E-state index contributed by atoms with van der Waals surface area (Å²) >= 11 is 0. The van der Waals surface area contributed by atoms with E-state index in [-0.39, 0.29) is 17.0 Å².